The fourth-order valence-corrected chi connectivity index (χ4v) is 5.54. The highest BCUT2D eigenvalue weighted by molar-refractivity contribution is 7.13. The van der Waals surface area contributed by atoms with E-state index in [-0.39, 0.29) is 17.9 Å². The van der Waals surface area contributed by atoms with Crippen LogP contribution in [0.15, 0.2) is 54.6 Å². The maximum Gasteiger partial charge on any atom is 0.282 e. The molecule has 7 nitrogen and oxygen atoms in total. The average molecular weight is 490 g/mol. The third-order valence-electron chi connectivity index (χ3n) is 6.69. The average Bonchev–Trinajstić information content (AvgIpc) is 3.51. The number of anilines is 1. The Morgan fingerprint density at radius 3 is 2.49 bits per heavy atom. The second kappa shape index (κ2) is 11.1. The first-order valence-electron chi connectivity index (χ1n) is 12.4. The first-order chi connectivity index (χ1) is 17.1. The Kier molecular flexibility index (Phi) is 7.49. The highest BCUT2D eigenvalue weighted by Gasteiger charge is 2.32. The van der Waals surface area contributed by atoms with Gasteiger partial charge in [0.15, 0.2) is 0 Å². The lowest BCUT2D eigenvalue weighted by molar-refractivity contribution is -0.117. The number of benzene rings is 2. The molecule has 2 aliphatic rings. The maximum absolute atomic E-state index is 12.7. The first-order valence-corrected chi connectivity index (χ1v) is 13.2. The molecular formula is C27H31N5O2S. The summed E-state index contributed by atoms with van der Waals surface area (Å²) in [4.78, 5) is 29.7. The van der Waals surface area contributed by atoms with Crippen LogP contribution in [-0.4, -0.2) is 52.6 Å². The second-order valence-corrected chi connectivity index (χ2v) is 10.4. The smallest absolute Gasteiger partial charge is 0.282 e. The zero-order valence-corrected chi connectivity index (χ0v) is 20.7. The zero-order valence-electron chi connectivity index (χ0n) is 19.9. The summed E-state index contributed by atoms with van der Waals surface area (Å²) < 4.78 is 0. The van der Waals surface area contributed by atoms with Gasteiger partial charge in [0.2, 0.25) is 10.9 Å². The number of carbonyl (C=O) groups excluding carboxylic acids is 2. The van der Waals surface area contributed by atoms with Gasteiger partial charge in [0.25, 0.3) is 5.91 Å². The summed E-state index contributed by atoms with van der Waals surface area (Å²) in [7, 11) is 0. The Morgan fingerprint density at radius 2 is 1.71 bits per heavy atom. The molecule has 1 aromatic heterocycles. The number of nitrogens with one attached hydrogen (secondary N) is 1. The first kappa shape index (κ1) is 23.6. The molecule has 1 atom stereocenters. The molecule has 0 aliphatic carbocycles. The van der Waals surface area contributed by atoms with Crippen LogP contribution < -0.4 is 10.2 Å². The van der Waals surface area contributed by atoms with E-state index in [4.69, 9.17) is 0 Å². The van der Waals surface area contributed by atoms with E-state index in [1.54, 1.807) is 4.90 Å². The Balaban J connectivity index is 1.13. The Bertz CT molecular complexity index is 1140. The van der Waals surface area contributed by atoms with Gasteiger partial charge >= 0.3 is 0 Å². The van der Waals surface area contributed by atoms with Gasteiger partial charge in [-0.1, -0.05) is 60.2 Å². The van der Waals surface area contributed by atoms with E-state index in [1.807, 2.05) is 30.3 Å². The quantitative estimate of drug-likeness (QED) is 0.520. The molecule has 2 aliphatic heterocycles. The van der Waals surface area contributed by atoms with Crippen LogP contribution in [0.5, 0.6) is 0 Å². The minimum absolute atomic E-state index is 0.0277. The van der Waals surface area contributed by atoms with Crippen molar-refractivity contribution in [3.63, 3.8) is 0 Å². The van der Waals surface area contributed by atoms with Gasteiger partial charge in [0.1, 0.15) is 5.01 Å². The number of nitrogens with zero attached hydrogens (tertiary/aromatic N) is 4. The summed E-state index contributed by atoms with van der Waals surface area (Å²) in [6.45, 7) is 3.76. The predicted octanol–water partition coefficient (Wildman–Crippen LogP) is 3.84. The van der Waals surface area contributed by atoms with Crippen molar-refractivity contribution in [2.75, 3.05) is 24.5 Å². The maximum atomic E-state index is 12.7. The molecule has 1 N–H and O–H groups in total. The van der Waals surface area contributed by atoms with Crippen molar-refractivity contribution in [2.45, 2.75) is 51.1 Å². The molecule has 2 amide bonds. The van der Waals surface area contributed by atoms with Crippen molar-refractivity contribution >= 4 is 28.8 Å². The van der Waals surface area contributed by atoms with Gasteiger partial charge in [-0.05, 0) is 55.6 Å². The fraction of sp³-hybridized carbons (Fsp3) is 0.407. The fourth-order valence-electron chi connectivity index (χ4n) is 4.80. The molecule has 2 saturated heterocycles. The van der Waals surface area contributed by atoms with E-state index >= 15 is 0 Å². The summed E-state index contributed by atoms with van der Waals surface area (Å²) >= 11 is 1.32. The third-order valence-corrected chi connectivity index (χ3v) is 7.68. The number of aryl methyl sites for hydroxylation is 2. The number of likely N-dealkylation sites (tertiary alicyclic amines) is 1. The van der Waals surface area contributed by atoms with E-state index in [2.05, 4.69) is 44.7 Å². The predicted molar refractivity (Wildman–Crippen MR) is 138 cm³/mol. The lowest BCUT2D eigenvalue weighted by Crippen LogP contribution is -2.37. The summed E-state index contributed by atoms with van der Waals surface area (Å²) in [6.07, 6.45) is 5.79. The van der Waals surface area contributed by atoms with Crippen molar-refractivity contribution in [1.29, 1.82) is 0 Å². The van der Waals surface area contributed by atoms with E-state index < -0.39 is 0 Å². The number of hydrogen-bond acceptors (Lipinski definition) is 6. The van der Waals surface area contributed by atoms with Crippen LogP contribution in [0, 0.1) is 0 Å². The van der Waals surface area contributed by atoms with E-state index in [1.165, 1.54) is 41.7 Å². The van der Waals surface area contributed by atoms with Gasteiger partial charge in [-0.3, -0.25) is 14.5 Å². The van der Waals surface area contributed by atoms with Crippen LogP contribution in [0.2, 0.25) is 0 Å². The number of piperidine rings is 1. The summed E-state index contributed by atoms with van der Waals surface area (Å²) in [6, 6.07) is 18.2. The molecule has 2 fully saturated rings. The van der Waals surface area contributed by atoms with E-state index in [9.17, 15) is 9.59 Å². The summed E-state index contributed by atoms with van der Waals surface area (Å²) in [5.41, 5.74) is 3.39. The van der Waals surface area contributed by atoms with Crippen molar-refractivity contribution < 1.29 is 9.59 Å². The third kappa shape index (κ3) is 6.13. The van der Waals surface area contributed by atoms with Crippen LogP contribution >= 0.6 is 11.3 Å². The van der Waals surface area contributed by atoms with Crippen molar-refractivity contribution in [2.24, 2.45) is 0 Å². The highest BCUT2D eigenvalue weighted by Crippen LogP contribution is 2.23. The molecule has 0 saturated carbocycles. The van der Waals surface area contributed by atoms with Crippen molar-refractivity contribution in [1.82, 2.24) is 20.4 Å². The Labute approximate surface area is 210 Å². The molecule has 3 aromatic rings. The van der Waals surface area contributed by atoms with Crippen LogP contribution in [0.1, 0.15) is 51.6 Å². The molecular weight excluding hydrogens is 458 g/mol. The van der Waals surface area contributed by atoms with Crippen LogP contribution in [-0.2, 0) is 24.2 Å². The molecule has 2 aromatic carbocycles. The number of rotatable bonds is 8. The normalized spacial score (nSPS) is 18.7. The molecule has 0 radical (unpaired) electrons. The van der Waals surface area contributed by atoms with Crippen LogP contribution in [0.4, 0.5) is 5.69 Å². The molecule has 35 heavy (non-hydrogen) atoms. The van der Waals surface area contributed by atoms with Gasteiger partial charge in [0.05, 0.1) is 6.04 Å². The second-order valence-electron chi connectivity index (χ2n) is 9.37. The van der Waals surface area contributed by atoms with Crippen LogP contribution in [0.25, 0.3) is 0 Å². The Hall–Kier alpha value is -3.10. The highest BCUT2D eigenvalue weighted by atomic mass is 32.1. The lowest BCUT2D eigenvalue weighted by Gasteiger charge is -2.26. The molecule has 1 unspecified atom stereocenters. The van der Waals surface area contributed by atoms with Gasteiger partial charge in [0, 0.05) is 31.6 Å². The van der Waals surface area contributed by atoms with E-state index in [0.29, 0.717) is 18.0 Å². The van der Waals surface area contributed by atoms with Gasteiger partial charge in [-0.15, -0.1) is 10.2 Å². The Morgan fingerprint density at radius 1 is 0.943 bits per heavy atom. The van der Waals surface area contributed by atoms with E-state index in [0.717, 1.165) is 43.2 Å². The molecule has 3 heterocycles. The monoisotopic (exact) mass is 489 g/mol. The van der Waals surface area contributed by atoms with Gasteiger partial charge in [-0.2, -0.15) is 0 Å². The van der Waals surface area contributed by atoms with Gasteiger partial charge in [-0.25, -0.2) is 0 Å². The summed E-state index contributed by atoms with van der Waals surface area (Å²) in [5, 5.41) is 12.4. The number of aromatic nitrogens is 2. The number of carbonyl (C=O) groups is 2. The van der Waals surface area contributed by atoms with Crippen LogP contribution in [0.3, 0.4) is 0 Å². The summed E-state index contributed by atoms with van der Waals surface area (Å²) in [5.74, 6) is -0.232. The SMILES string of the molecule is O=C(NC1CC(=O)N(c2ccc(CN3CCCCC3)cc2)C1)c1nnc(CCc2ccccc2)s1. The molecule has 5 rings (SSSR count). The molecule has 0 spiro atoms. The molecule has 182 valence electrons. The number of hydrogen-bond donors (Lipinski definition) is 1. The topological polar surface area (TPSA) is 78.4 Å². The van der Waals surface area contributed by atoms with Gasteiger partial charge < -0.3 is 10.2 Å². The minimum atomic E-state index is -0.259. The lowest BCUT2D eigenvalue weighted by atomic mass is 10.1. The minimum Gasteiger partial charge on any atom is -0.345 e. The number of amides is 2. The van der Waals surface area contributed by atoms with Crippen molar-refractivity contribution in [3.05, 3.63) is 75.7 Å². The molecule has 8 heteroatoms. The standard InChI is InChI=1S/C27H31N5O2S/c33-25-17-22(19-32(25)23-12-9-21(10-13-23)18-31-15-5-2-6-16-31)28-26(34)27-30-29-24(35-27)14-11-20-7-3-1-4-8-20/h1,3-4,7-10,12-13,22H,2,5-6,11,14-19H2,(H,28,34). The zero-order chi connectivity index (χ0) is 24.0. The molecule has 0 bridgehead atoms. The van der Waals surface area contributed by atoms with Crippen molar-refractivity contribution in [3.8, 4) is 0 Å². The largest absolute Gasteiger partial charge is 0.345 e.